The number of halogens is 1. The minimum Gasteiger partial charge on any atom is -0.311 e. The van der Waals surface area contributed by atoms with E-state index in [1.54, 1.807) is 0 Å². The lowest BCUT2D eigenvalue weighted by molar-refractivity contribution is 0.157. The molecule has 0 aromatic heterocycles. The van der Waals surface area contributed by atoms with Gasteiger partial charge in [0, 0.05) is 23.1 Å². The molecule has 1 aromatic carbocycles. The summed E-state index contributed by atoms with van der Waals surface area (Å²) in [7, 11) is 0. The van der Waals surface area contributed by atoms with E-state index in [2.05, 4.69) is 43.1 Å². The summed E-state index contributed by atoms with van der Waals surface area (Å²) in [6, 6.07) is 10.1. The normalized spacial score (nSPS) is 19.4. The van der Waals surface area contributed by atoms with E-state index < -0.39 is 0 Å². The fourth-order valence-corrected chi connectivity index (χ4v) is 3.14. The van der Waals surface area contributed by atoms with E-state index >= 15 is 0 Å². The lowest BCUT2D eigenvalue weighted by Gasteiger charge is -2.36. The summed E-state index contributed by atoms with van der Waals surface area (Å²) in [5.41, 5.74) is 1.36. The first-order valence-corrected chi connectivity index (χ1v) is 8.17. The molecular weight excluding hydrogens is 268 g/mol. The number of nitrogens with zero attached hydrogens (tertiary/aromatic N) is 1. The summed E-state index contributed by atoms with van der Waals surface area (Å²) < 4.78 is 0. The summed E-state index contributed by atoms with van der Waals surface area (Å²) in [5, 5.41) is 4.60. The summed E-state index contributed by atoms with van der Waals surface area (Å²) in [6.07, 6.45) is 3.60. The highest BCUT2D eigenvalue weighted by atomic mass is 35.5. The van der Waals surface area contributed by atoms with Crippen LogP contribution in [0.3, 0.4) is 0 Å². The molecule has 1 fully saturated rings. The summed E-state index contributed by atoms with van der Waals surface area (Å²) in [6.45, 7) is 9.31. The molecule has 2 nitrogen and oxygen atoms in total. The average Bonchev–Trinajstić information content (AvgIpc) is 2.42. The zero-order chi connectivity index (χ0) is 14.5. The minimum atomic E-state index is 0.520. The molecule has 0 radical (unpaired) electrons. The van der Waals surface area contributed by atoms with Crippen LogP contribution in [-0.4, -0.2) is 36.1 Å². The molecule has 1 aliphatic rings. The third-order valence-electron chi connectivity index (χ3n) is 4.24. The van der Waals surface area contributed by atoms with Gasteiger partial charge in [0.25, 0.3) is 0 Å². The zero-order valence-electron chi connectivity index (χ0n) is 12.9. The molecule has 1 heterocycles. The van der Waals surface area contributed by atoms with Crippen LogP contribution in [0.5, 0.6) is 0 Å². The lowest BCUT2D eigenvalue weighted by atomic mass is 10.0. The second-order valence-corrected chi connectivity index (χ2v) is 6.74. The van der Waals surface area contributed by atoms with Crippen LogP contribution in [0.2, 0.25) is 5.02 Å². The molecule has 0 saturated carbocycles. The molecule has 3 heteroatoms. The highest BCUT2D eigenvalue weighted by Crippen LogP contribution is 2.15. The van der Waals surface area contributed by atoms with Crippen molar-refractivity contribution in [3.05, 3.63) is 34.9 Å². The van der Waals surface area contributed by atoms with Gasteiger partial charge >= 0.3 is 0 Å². The van der Waals surface area contributed by atoms with Crippen LogP contribution < -0.4 is 5.32 Å². The standard InChI is InChI=1S/C17H27ClN2/c1-13(2)20-10-8-17(9-11-20)19-14(3)12-15-4-6-16(18)7-5-15/h4-7,13-14,17,19H,8-12H2,1-3H3. The molecule has 1 atom stereocenters. The van der Waals surface area contributed by atoms with Crippen LogP contribution in [0.4, 0.5) is 0 Å². The number of nitrogens with one attached hydrogen (secondary N) is 1. The third kappa shape index (κ3) is 4.76. The second kappa shape index (κ2) is 7.44. The Morgan fingerprint density at radius 3 is 2.30 bits per heavy atom. The maximum Gasteiger partial charge on any atom is 0.0406 e. The van der Waals surface area contributed by atoms with Crippen molar-refractivity contribution < 1.29 is 0 Å². The van der Waals surface area contributed by atoms with E-state index in [9.17, 15) is 0 Å². The highest BCUT2D eigenvalue weighted by molar-refractivity contribution is 6.30. The van der Waals surface area contributed by atoms with Crippen molar-refractivity contribution >= 4 is 11.6 Å². The molecule has 0 bridgehead atoms. The van der Waals surface area contributed by atoms with Crippen molar-refractivity contribution in [2.24, 2.45) is 0 Å². The predicted molar refractivity (Wildman–Crippen MR) is 87.5 cm³/mol. The van der Waals surface area contributed by atoms with Crippen LogP contribution in [-0.2, 0) is 6.42 Å². The van der Waals surface area contributed by atoms with Gasteiger partial charge in [-0.25, -0.2) is 0 Å². The van der Waals surface area contributed by atoms with Gasteiger partial charge in [-0.1, -0.05) is 23.7 Å². The fraction of sp³-hybridized carbons (Fsp3) is 0.647. The SMILES string of the molecule is CC(Cc1ccc(Cl)cc1)NC1CCN(C(C)C)CC1. The third-order valence-corrected chi connectivity index (χ3v) is 4.49. The Hall–Kier alpha value is -0.570. The first-order valence-electron chi connectivity index (χ1n) is 7.79. The molecule has 20 heavy (non-hydrogen) atoms. The quantitative estimate of drug-likeness (QED) is 0.890. The second-order valence-electron chi connectivity index (χ2n) is 6.30. The topological polar surface area (TPSA) is 15.3 Å². The predicted octanol–water partition coefficient (Wildman–Crippen LogP) is 3.73. The van der Waals surface area contributed by atoms with Gasteiger partial charge in [0.05, 0.1) is 0 Å². The van der Waals surface area contributed by atoms with Crippen LogP contribution in [0, 0.1) is 0 Å². The fourth-order valence-electron chi connectivity index (χ4n) is 3.02. The van der Waals surface area contributed by atoms with Crippen molar-refractivity contribution in [1.82, 2.24) is 10.2 Å². The summed E-state index contributed by atoms with van der Waals surface area (Å²) in [4.78, 5) is 2.57. The van der Waals surface area contributed by atoms with Crippen molar-refractivity contribution in [3.63, 3.8) is 0 Å². The Morgan fingerprint density at radius 1 is 1.15 bits per heavy atom. The van der Waals surface area contributed by atoms with Gasteiger partial charge in [0.1, 0.15) is 0 Å². The summed E-state index contributed by atoms with van der Waals surface area (Å²) >= 11 is 5.92. The molecule has 1 unspecified atom stereocenters. The van der Waals surface area contributed by atoms with Gasteiger partial charge in [-0.05, 0) is 70.8 Å². The largest absolute Gasteiger partial charge is 0.311 e. The molecule has 1 N–H and O–H groups in total. The smallest absolute Gasteiger partial charge is 0.0406 e. The van der Waals surface area contributed by atoms with Gasteiger partial charge in [0.15, 0.2) is 0 Å². The monoisotopic (exact) mass is 294 g/mol. The van der Waals surface area contributed by atoms with Crippen LogP contribution in [0.15, 0.2) is 24.3 Å². The van der Waals surface area contributed by atoms with Crippen LogP contribution in [0.25, 0.3) is 0 Å². The lowest BCUT2D eigenvalue weighted by Crippen LogP contribution is -2.47. The maximum absolute atomic E-state index is 5.92. The van der Waals surface area contributed by atoms with E-state index in [-0.39, 0.29) is 0 Å². The zero-order valence-corrected chi connectivity index (χ0v) is 13.7. The van der Waals surface area contributed by atoms with Crippen molar-refractivity contribution in [2.45, 2.75) is 58.2 Å². The minimum absolute atomic E-state index is 0.520. The number of rotatable bonds is 5. The number of hydrogen-bond donors (Lipinski definition) is 1. The van der Waals surface area contributed by atoms with Crippen LogP contribution >= 0.6 is 11.6 Å². The number of hydrogen-bond acceptors (Lipinski definition) is 2. The maximum atomic E-state index is 5.92. The Labute approximate surface area is 128 Å². The number of piperidine rings is 1. The van der Waals surface area contributed by atoms with Gasteiger partial charge in [-0.15, -0.1) is 0 Å². The molecule has 1 aliphatic heterocycles. The summed E-state index contributed by atoms with van der Waals surface area (Å²) in [5.74, 6) is 0. The number of likely N-dealkylation sites (tertiary alicyclic amines) is 1. The molecule has 0 aliphatic carbocycles. The van der Waals surface area contributed by atoms with Gasteiger partial charge in [0.2, 0.25) is 0 Å². The molecule has 1 saturated heterocycles. The highest BCUT2D eigenvalue weighted by Gasteiger charge is 2.21. The molecule has 0 spiro atoms. The van der Waals surface area contributed by atoms with E-state index in [1.807, 2.05) is 12.1 Å². The molecule has 2 rings (SSSR count). The Bertz CT molecular complexity index is 394. The van der Waals surface area contributed by atoms with E-state index in [0.717, 1.165) is 11.4 Å². The van der Waals surface area contributed by atoms with Gasteiger partial charge in [-0.3, -0.25) is 0 Å². The average molecular weight is 295 g/mol. The molecule has 112 valence electrons. The number of benzene rings is 1. The van der Waals surface area contributed by atoms with Crippen molar-refractivity contribution in [3.8, 4) is 0 Å². The van der Waals surface area contributed by atoms with Gasteiger partial charge < -0.3 is 10.2 Å². The van der Waals surface area contributed by atoms with Crippen molar-refractivity contribution in [2.75, 3.05) is 13.1 Å². The Balaban J connectivity index is 1.75. The molecular formula is C17H27ClN2. The first kappa shape index (κ1) is 15.8. The van der Waals surface area contributed by atoms with Crippen LogP contribution in [0.1, 0.15) is 39.2 Å². The molecule has 0 amide bonds. The van der Waals surface area contributed by atoms with Crippen molar-refractivity contribution in [1.29, 1.82) is 0 Å². The Kier molecular flexibility index (Phi) is 5.88. The Morgan fingerprint density at radius 2 is 1.75 bits per heavy atom. The van der Waals surface area contributed by atoms with E-state index in [1.165, 1.54) is 31.5 Å². The first-order chi connectivity index (χ1) is 9.54. The molecule has 1 aromatic rings. The van der Waals surface area contributed by atoms with E-state index in [4.69, 9.17) is 11.6 Å². The van der Waals surface area contributed by atoms with E-state index in [0.29, 0.717) is 18.1 Å². The van der Waals surface area contributed by atoms with Gasteiger partial charge in [-0.2, -0.15) is 0 Å².